The van der Waals surface area contributed by atoms with E-state index in [1.165, 1.54) is 12.3 Å². The number of rotatable bonds is 0. The zero-order valence-electron chi connectivity index (χ0n) is 7.31. The molecule has 0 radical (unpaired) electrons. The highest BCUT2D eigenvalue weighted by Gasteiger charge is 2.15. The fourth-order valence-corrected chi connectivity index (χ4v) is 1.67. The summed E-state index contributed by atoms with van der Waals surface area (Å²) in [6.07, 6.45) is 3.26. The number of nitrogens with zero attached hydrogens (tertiary/aromatic N) is 2. The number of aliphatic hydroxyl groups is 1. The van der Waals surface area contributed by atoms with Gasteiger partial charge in [0.15, 0.2) is 0 Å². The van der Waals surface area contributed by atoms with E-state index in [1.54, 1.807) is 4.57 Å². The topological polar surface area (TPSA) is 55.1 Å². The van der Waals surface area contributed by atoms with Crippen molar-refractivity contribution in [1.82, 2.24) is 9.55 Å². The van der Waals surface area contributed by atoms with E-state index in [-0.39, 0.29) is 11.7 Å². The van der Waals surface area contributed by atoms with Gasteiger partial charge < -0.3 is 5.11 Å². The van der Waals surface area contributed by atoms with E-state index in [9.17, 15) is 9.90 Å². The maximum absolute atomic E-state index is 11.4. The molecule has 0 aromatic carbocycles. The molecule has 1 atom stereocenters. The van der Waals surface area contributed by atoms with Gasteiger partial charge in [-0.3, -0.25) is 9.36 Å². The standard InChI is InChI=1S/C9H12N2O2/c12-7-2-1-5-11-8(6-7)10-4-3-9(11)13/h3-4,7,12H,1-2,5-6H2. The highest BCUT2D eigenvalue weighted by molar-refractivity contribution is 4.97. The second kappa shape index (κ2) is 3.30. The Bertz CT molecular complexity index is 359. The minimum atomic E-state index is -0.344. The molecule has 0 saturated heterocycles. The van der Waals surface area contributed by atoms with Gasteiger partial charge in [-0.2, -0.15) is 0 Å². The zero-order chi connectivity index (χ0) is 9.26. The van der Waals surface area contributed by atoms with Gasteiger partial charge in [-0.15, -0.1) is 0 Å². The highest BCUT2D eigenvalue weighted by Crippen LogP contribution is 2.10. The molecule has 2 heterocycles. The van der Waals surface area contributed by atoms with Gasteiger partial charge in [0.1, 0.15) is 5.82 Å². The van der Waals surface area contributed by atoms with Crippen LogP contribution in [0.3, 0.4) is 0 Å². The Morgan fingerprint density at radius 2 is 2.46 bits per heavy atom. The van der Waals surface area contributed by atoms with E-state index in [4.69, 9.17) is 0 Å². The van der Waals surface area contributed by atoms with Gasteiger partial charge in [0.2, 0.25) is 0 Å². The quantitative estimate of drug-likeness (QED) is 0.608. The van der Waals surface area contributed by atoms with Crippen LogP contribution in [-0.4, -0.2) is 20.8 Å². The molecule has 4 nitrogen and oxygen atoms in total. The maximum Gasteiger partial charge on any atom is 0.253 e. The summed E-state index contributed by atoms with van der Waals surface area (Å²) >= 11 is 0. The molecule has 0 bridgehead atoms. The third kappa shape index (κ3) is 1.62. The van der Waals surface area contributed by atoms with Gasteiger partial charge >= 0.3 is 0 Å². The van der Waals surface area contributed by atoms with Crippen molar-refractivity contribution in [3.05, 3.63) is 28.4 Å². The molecule has 13 heavy (non-hydrogen) atoms. The summed E-state index contributed by atoms with van der Waals surface area (Å²) in [6, 6.07) is 1.46. The smallest absolute Gasteiger partial charge is 0.253 e. The molecule has 1 aromatic heterocycles. The molecule has 0 saturated carbocycles. The van der Waals surface area contributed by atoms with E-state index in [0.717, 1.165) is 12.8 Å². The van der Waals surface area contributed by atoms with Crippen molar-refractivity contribution < 1.29 is 5.11 Å². The van der Waals surface area contributed by atoms with Crippen molar-refractivity contribution in [3.8, 4) is 0 Å². The van der Waals surface area contributed by atoms with E-state index in [0.29, 0.717) is 18.8 Å². The van der Waals surface area contributed by atoms with Gasteiger partial charge in [-0.25, -0.2) is 4.98 Å². The third-order valence-corrected chi connectivity index (χ3v) is 2.36. The maximum atomic E-state index is 11.4. The lowest BCUT2D eigenvalue weighted by Crippen LogP contribution is -2.23. The van der Waals surface area contributed by atoms with Crippen LogP contribution in [0.15, 0.2) is 17.1 Å². The molecule has 1 unspecified atom stereocenters. The molecule has 70 valence electrons. The summed E-state index contributed by atoms with van der Waals surface area (Å²) < 4.78 is 1.65. The van der Waals surface area contributed by atoms with Gasteiger partial charge in [-0.1, -0.05) is 0 Å². The first kappa shape index (κ1) is 8.44. The zero-order valence-corrected chi connectivity index (χ0v) is 7.31. The van der Waals surface area contributed by atoms with Crippen LogP contribution in [0.25, 0.3) is 0 Å². The normalized spacial score (nSPS) is 22.1. The number of hydrogen-bond donors (Lipinski definition) is 1. The Morgan fingerprint density at radius 1 is 1.62 bits per heavy atom. The second-order valence-electron chi connectivity index (χ2n) is 3.35. The molecule has 0 aliphatic carbocycles. The van der Waals surface area contributed by atoms with Crippen LogP contribution in [0.5, 0.6) is 0 Å². The van der Waals surface area contributed by atoms with Crippen LogP contribution < -0.4 is 5.56 Å². The Labute approximate surface area is 75.9 Å². The average Bonchev–Trinajstić information content (AvgIpc) is 2.27. The monoisotopic (exact) mass is 180 g/mol. The fourth-order valence-electron chi connectivity index (χ4n) is 1.67. The Balaban J connectivity index is 2.45. The van der Waals surface area contributed by atoms with Gasteiger partial charge in [0.25, 0.3) is 5.56 Å². The highest BCUT2D eigenvalue weighted by atomic mass is 16.3. The first-order valence-corrected chi connectivity index (χ1v) is 4.50. The summed E-state index contributed by atoms with van der Waals surface area (Å²) in [7, 11) is 0. The van der Waals surface area contributed by atoms with Gasteiger partial charge in [-0.05, 0) is 12.8 Å². The Morgan fingerprint density at radius 3 is 3.31 bits per heavy atom. The van der Waals surface area contributed by atoms with Crippen LogP contribution in [0, 0.1) is 0 Å². The molecule has 1 aliphatic rings. The number of fused-ring (bicyclic) bond motifs is 1. The third-order valence-electron chi connectivity index (χ3n) is 2.36. The molecule has 4 heteroatoms. The number of hydrogen-bond acceptors (Lipinski definition) is 3. The van der Waals surface area contributed by atoms with Gasteiger partial charge in [0, 0.05) is 25.2 Å². The summed E-state index contributed by atoms with van der Waals surface area (Å²) in [6.45, 7) is 0.680. The molecule has 1 aliphatic heterocycles. The molecule has 0 fully saturated rings. The Kier molecular flexibility index (Phi) is 2.14. The fraction of sp³-hybridized carbons (Fsp3) is 0.556. The number of aromatic nitrogens is 2. The van der Waals surface area contributed by atoms with Gasteiger partial charge in [0.05, 0.1) is 6.10 Å². The SMILES string of the molecule is O=c1ccnc2n1CCCC(O)C2. The van der Waals surface area contributed by atoms with E-state index >= 15 is 0 Å². The van der Waals surface area contributed by atoms with Crippen molar-refractivity contribution in [3.63, 3.8) is 0 Å². The second-order valence-corrected chi connectivity index (χ2v) is 3.35. The van der Waals surface area contributed by atoms with Crippen LogP contribution in [0.1, 0.15) is 18.7 Å². The minimum Gasteiger partial charge on any atom is -0.393 e. The molecular weight excluding hydrogens is 168 g/mol. The molecule has 2 rings (SSSR count). The lowest BCUT2D eigenvalue weighted by Gasteiger charge is -2.06. The van der Waals surface area contributed by atoms with Crippen molar-refractivity contribution in [2.24, 2.45) is 0 Å². The van der Waals surface area contributed by atoms with Crippen LogP contribution in [-0.2, 0) is 13.0 Å². The van der Waals surface area contributed by atoms with Crippen LogP contribution >= 0.6 is 0 Å². The molecule has 1 N–H and O–H groups in total. The van der Waals surface area contributed by atoms with Crippen molar-refractivity contribution in [1.29, 1.82) is 0 Å². The summed E-state index contributed by atoms with van der Waals surface area (Å²) in [5.74, 6) is 0.706. The first-order chi connectivity index (χ1) is 6.27. The predicted octanol–water partition coefficient (Wildman–Crippen LogP) is -0.0595. The van der Waals surface area contributed by atoms with E-state index in [2.05, 4.69) is 4.98 Å². The largest absolute Gasteiger partial charge is 0.393 e. The summed E-state index contributed by atoms with van der Waals surface area (Å²) in [5.41, 5.74) is -0.0147. The van der Waals surface area contributed by atoms with Crippen LogP contribution in [0.4, 0.5) is 0 Å². The molecule has 1 aromatic rings. The van der Waals surface area contributed by atoms with Crippen molar-refractivity contribution in [2.45, 2.75) is 31.9 Å². The average molecular weight is 180 g/mol. The van der Waals surface area contributed by atoms with Crippen molar-refractivity contribution in [2.75, 3.05) is 0 Å². The molecule has 0 spiro atoms. The molecule has 0 amide bonds. The minimum absolute atomic E-state index is 0.0147. The first-order valence-electron chi connectivity index (χ1n) is 4.50. The predicted molar refractivity (Wildman–Crippen MR) is 47.4 cm³/mol. The molecular formula is C9H12N2O2. The van der Waals surface area contributed by atoms with Crippen molar-refractivity contribution >= 4 is 0 Å². The van der Waals surface area contributed by atoms with Crippen LogP contribution in [0.2, 0.25) is 0 Å². The lowest BCUT2D eigenvalue weighted by molar-refractivity contribution is 0.164. The summed E-state index contributed by atoms with van der Waals surface area (Å²) in [5, 5.41) is 9.47. The number of aliphatic hydroxyl groups excluding tert-OH is 1. The van der Waals surface area contributed by atoms with E-state index in [1.807, 2.05) is 0 Å². The summed E-state index contributed by atoms with van der Waals surface area (Å²) in [4.78, 5) is 15.5. The van der Waals surface area contributed by atoms with E-state index < -0.39 is 0 Å². The lowest BCUT2D eigenvalue weighted by atomic mass is 10.1. The Hall–Kier alpha value is -1.16.